The first-order valence-electron chi connectivity index (χ1n) is 10.1. The molecule has 1 aliphatic rings. The Labute approximate surface area is 199 Å². The molecule has 0 saturated carbocycles. The summed E-state index contributed by atoms with van der Waals surface area (Å²) in [6, 6.07) is 11.1. The number of benzene rings is 2. The molecule has 1 unspecified atom stereocenters. The highest BCUT2D eigenvalue weighted by Gasteiger charge is 2.41. The summed E-state index contributed by atoms with van der Waals surface area (Å²) in [4.78, 5) is 12.9. The van der Waals surface area contributed by atoms with Crippen LogP contribution in [0.25, 0.3) is 0 Å². The normalized spacial score (nSPS) is 18.1. The molecule has 3 rings (SSSR count). The number of urea groups is 1. The molecule has 33 heavy (non-hydrogen) atoms. The summed E-state index contributed by atoms with van der Waals surface area (Å²) in [5, 5.41) is 18.1. The minimum Gasteiger partial charge on any atom is -0.306 e. The first kappa shape index (κ1) is 24.9. The zero-order valence-corrected chi connectivity index (χ0v) is 19.6. The van der Waals surface area contributed by atoms with Crippen LogP contribution in [0.5, 0.6) is 0 Å². The molecule has 2 aromatic carbocycles. The Morgan fingerprint density at radius 1 is 1.30 bits per heavy atom. The van der Waals surface area contributed by atoms with E-state index in [9.17, 15) is 18.0 Å². The van der Waals surface area contributed by atoms with E-state index in [0.29, 0.717) is 11.6 Å². The number of amides is 2. The molecule has 2 aromatic rings. The van der Waals surface area contributed by atoms with Crippen LogP contribution in [-0.4, -0.2) is 35.3 Å². The third-order valence-corrected chi connectivity index (χ3v) is 6.37. The van der Waals surface area contributed by atoms with E-state index in [2.05, 4.69) is 10.4 Å². The molecule has 0 fully saturated rings. The fourth-order valence-corrected chi connectivity index (χ4v) is 4.33. The average Bonchev–Trinajstić information content (AvgIpc) is 3.11. The lowest BCUT2D eigenvalue weighted by molar-refractivity contribution is -0.137. The van der Waals surface area contributed by atoms with E-state index in [-0.39, 0.29) is 5.69 Å². The molecule has 0 aromatic heterocycles. The molecule has 0 bridgehead atoms. The first-order valence-corrected chi connectivity index (χ1v) is 11.9. The zero-order valence-electron chi connectivity index (χ0n) is 18.0. The van der Waals surface area contributed by atoms with Crippen LogP contribution in [-0.2, 0) is 6.18 Å². The lowest BCUT2D eigenvalue weighted by Gasteiger charge is -2.26. The predicted molar refractivity (Wildman–Crippen MR) is 126 cm³/mol. The largest absolute Gasteiger partial charge is 0.417 e. The highest BCUT2D eigenvalue weighted by molar-refractivity contribution is 7.98. The third kappa shape index (κ3) is 5.81. The molecule has 0 saturated heterocycles. The lowest BCUT2D eigenvalue weighted by Crippen LogP contribution is -2.35. The molecule has 5 nitrogen and oxygen atoms in total. The van der Waals surface area contributed by atoms with E-state index in [0.717, 1.165) is 48.1 Å². The maximum atomic E-state index is 13.0. The number of halogens is 4. The quantitative estimate of drug-likeness (QED) is 0.458. The van der Waals surface area contributed by atoms with E-state index in [1.165, 1.54) is 11.1 Å². The van der Waals surface area contributed by atoms with Crippen LogP contribution in [0.3, 0.4) is 0 Å². The summed E-state index contributed by atoms with van der Waals surface area (Å²) < 4.78 is 39.1. The fraction of sp³-hybridized carbons (Fsp3) is 0.348. The molecular weight excluding hydrogens is 473 g/mol. The van der Waals surface area contributed by atoms with Crippen molar-refractivity contribution in [3.63, 3.8) is 0 Å². The molecule has 10 heteroatoms. The molecule has 0 aliphatic carbocycles. The Hall–Kier alpha value is -2.70. The number of hydrogen-bond acceptors (Lipinski definition) is 4. The second-order valence-electron chi connectivity index (χ2n) is 7.97. The molecule has 0 spiro atoms. The van der Waals surface area contributed by atoms with Gasteiger partial charge in [-0.05, 0) is 60.7 Å². The minimum absolute atomic E-state index is 0.0868. The van der Waals surface area contributed by atoms with Gasteiger partial charge in [0.25, 0.3) is 0 Å². The Morgan fingerprint density at radius 3 is 2.61 bits per heavy atom. The van der Waals surface area contributed by atoms with Crippen molar-refractivity contribution in [2.75, 3.05) is 23.9 Å². The van der Waals surface area contributed by atoms with Gasteiger partial charge in [-0.2, -0.15) is 35.3 Å². The van der Waals surface area contributed by atoms with Crippen molar-refractivity contribution in [3.8, 4) is 6.07 Å². The van der Waals surface area contributed by atoms with Crippen LogP contribution >= 0.6 is 23.4 Å². The number of anilines is 1. The Bertz CT molecular complexity index is 1100. The van der Waals surface area contributed by atoms with Gasteiger partial charge in [0.1, 0.15) is 0 Å². The van der Waals surface area contributed by atoms with Crippen LogP contribution in [0.2, 0.25) is 5.02 Å². The summed E-state index contributed by atoms with van der Waals surface area (Å²) in [5.41, 5.74) is -0.326. The van der Waals surface area contributed by atoms with Crippen LogP contribution < -0.4 is 5.32 Å². The average molecular weight is 495 g/mol. The lowest BCUT2D eigenvalue weighted by atomic mass is 9.78. The fourth-order valence-electron chi connectivity index (χ4n) is 3.77. The number of nitriles is 1. The molecule has 1 atom stereocenters. The third-order valence-electron chi connectivity index (χ3n) is 5.42. The zero-order chi connectivity index (χ0) is 24.2. The summed E-state index contributed by atoms with van der Waals surface area (Å²) in [5.74, 6) is 0.970. The number of nitrogens with one attached hydrogen (secondary N) is 1. The second-order valence-corrected chi connectivity index (χ2v) is 9.39. The van der Waals surface area contributed by atoms with Crippen molar-refractivity contribution >= 4 is 40.8 Å². The van der Waals surface area contributed by atoms with Crippen molar-refractivity contribution in [3.05, 3.63) is 64.2 Å². The SMILES string of the molecule is CSCCCC1(C)CN(C(=O)Nc2ccc(C(F)(F)F)c(C#N)c2)N=C1c1ccc(Cl)cc1. The van der Waals surface area contributed by atoms with Crippen LogP contribution in [0, 0.1) is 16.7 Å². The molecular formula is C23H22ClF3N4OS. The molecule has 0 radical (unpaired) electrons. The van der Waals surface area contributed by atoms with Gasteiger partial charge in [0.05, 0.1) is 29.5 Å². The molecule has 1 aliphatic heterocycles. The maximum absolute atomic E-state index is 13.0. The Morgan fingerprint density at radius 2 is 2.00 bits per heavy atom. The van der Waals surface area contributed by atoms with Crippen LogP contribution in [0.1, 0.15) is 36.5 Å². The Kier molecular flexibility index (Phi) is 7.60. The topological polar surface area (TPSA) is 68.5 Å². The van der Waals surface area contributed by atoms with Gasteiger partial charge in [0, 0.05) is 16.1 Å². The number of carbonyl (C=O) groups is 1. The van der Waals surface area contributed by atoms with Crippen molar-refractivity contribution in [2.24, 2.45) is 10.5 Å². The van der Waals surface area contributed by atoms with E-state index < -0.39 is 28.7 Å². The second kappa shape index (κ2) is 10.1. The van der Waals surface area contributed by atoms with Crippen LogP contribution in [0.4, 0.5) is 23.7 Å². The van der Waals surface area contributed by atoms with E-state index >= 15 is 0 Å². The monoisotopic (exact) mass is 494 g/mol. The molecule has 2 amide bonds. The summed E-state index contributed by atoms with van der Waals surface area (Å²) in [6.07, 6.45) is -0.883. The number of carbonyl (C=O) groups excluding carboxylic acids is 1. The van der Waals surface area contributed by atoms with Crippen molar-refractivity contribution in [2.45, 2.75) is 25.9 Å². The van der Waals surface area contributed by atoms with Crippen molar-refractivity contribution < 1.29 is 18.0 Å². The summed E-state index contributed by atoms with van der Waals surface area (Å²) in [6.45, 7) is 2.36. The highest BCUT2D eigenvalue weighted by atomic mass is 35.5. The van der Waals surface area contributed by atoms with Gasteiger partial charge in [-0.25, -0.2) is 9.80 Å². The van der Waals surface area contributed by atoms with E-state index in [1.54, 1.807) is 23.9 Å². The van der Waals surface area contributed by atoms with Gasteiger partial charge in [-0.3, -0.25) is 0 Å². The van der Waals surface area contributed by atoms with E-state index in [1.807, 2.05) is 25.3 Å². The molecule has 174 valence electrons. The van der Waals surface area contributed by atoms with Crippen molar-refractivity contribution in [1.82, 2.24) is 5.01 Å². The number of thioether (sulfide) groups is 1. The van der Waals surface area contributed by atoms with E-state index in [4.69, 9.17) is 16.9 Å². The summed E-state index contributed by atoms with van der Waals surface area (Å²) in [7, 11) is 0. The number of alkyl halides is 3. The number of hydrogen-bond donors (Lipinski definition) is 1. The maximum Gasteiger partial charge on any atom is 0.417 e. The first-order chi connectivity index (χ1) is 15.6. The highest BCUT2D eigenvalue weighted by Crippen LogP contribution is 2.37. The van der Waals surface area contributed by atoms with Gasteiger partial charge >= 0.3 is 12.2 Å². The predicted octanol–water partition coefficient (Wildman–Crippen LogP) is 6.63. The summed E-state index contributed by atoms with van der Waals surface area (Å²) >= 11 is 7.76. The molecule has 1 heterocycles. The number of hydrazone groups is 1. The smallest absolute Gasteiger partial charge is 0.306 e. The van der Waals surface area contributed by atoms with Crippen LogP contribution in [0.15, 0.2) is 47.6 Å². The molecule has 1 N–H and O–H groups in total. The van der Waals surface area contributed by atoms with Crippen molar-refractivity contribution in [1.29, 1.82) is 5.26 Å². The van der Waals surface area contributed by atoms with Gasteiger partial charge in [0.15, 0.2) is 0 Å². The van der Waals surface area contributed by atoms with Gasteiger partial charge < -0.3 is 5.32 Å². The standard InChI is InChI=1S/C23H22ClF3N4OS/c1-22(10-3-11-33-2)14-31(30-20(22)15-4-6-17(24)7-5-15)21(32)29-18-8-9-19(23(25,26)27)16(12-18)13-28/h4-9,12H,3,10-11,14H2,1-2H3,(H,29,32). The van der Waals surface area contributed by atoms with Gasteiger partial charge in [-0.1, -0.05) is 30.7 Å². The number of rotatable bonds is 6. The Balaban J connectivity index is 1.85. The van der Waals surface area contributed by atoms with Gasteiger partial charge in [-0.15, -0.1) is 0 Å². The van der Waals surface area contributed by atoms with Gasteiger partial charge in [0.2, 0.25) is 0 Å². The number of nitrogens with zero attached hydrogens (tertiary/aromatic N) is 3. The minimum atomic E-state index is -4.65.